The maximum Gasteiger partial charge on any atom is -0.00134 e. The van der Waals surface area contributed by atoms with E-state index in [-0.39, 0.29) is 0 Å². The van der Waals surface area contributed by atoms with Gasteiger partial charge in [-0.3, -0.25) is 0 Å². The van der Waals surface area contributed by atoms with Gasteiger partial charge in [-0.15, -0.1) is 0 Å². The van der Waals surface area contributed by atoms with Crippen molar-refractivity contribution in [3.63, 3.8) is 0 Å². The summed E-state index contributed by atoms with van der Waals surface area (Å²) in [5.74, 6) is 0. The summed E-state index contributed by atoms with van der Waals surface area (Å²) in [5, 5.41) is 0. The Morgan fingerprint density at radius 3 is 1.17 bits per heavy atom. The molecule has 0 aliphatic heterocycles. The number of rotatable bonds is 2. The highest BCUT2D eigenvalue weighted by Crippen LogP contribution is 2.39. The minimum absolute atomic E-state index is 1.07. The van der Waals surface area contributed by atoms with Gasteiger partial charge in [-0.05, 0) is 70.8 Å². The lowest BCUT2D eigenvalue weighted by Crippen LogP contribution is -1.82. The summed E-state index contributed by atoms with van der Waals surface area (Å²) in [6.07, 6.45) is 1.07. The SMILES string of the molecule is CC.Cc1ccc2c(c1)-c1cc(-c3ccccc3)ccc1C2.Cc1ccccc1.c1ccc(-c2ccccc2)cc1. The van der Waals surface area contributed by atoms with Crippen molar-refractivity contribution in [2.45, 2.75) is 34.1 Å². The summed E-state index contributed by atoms with van der Waals surface area (Å²) >= 11 is 0. The first-order chi connectivity index (χ1) is 20.2. The highest BCUT2D eigenvalue weighted by Gasteiger charge is 2.18. The van der Waals surface area contributed by atoms with Crippen molar-refractivity contribution in [3.05, 3.63) is 180 Å². The topological polar surface area (TPSA) is 0 Å². The Morgan fingerprint density at radius 2 is 0.732 bits per heavy atom. The van der Waals surface area contributed by atoms with Crippen LogP contribution in [0.4, 0.5) is 0 Å². The predicted octanol–water partition coefficient (Wildman–Crippen LogP) is 11.6. The summed E-state index contributed by atoms with van der Waals surface area (Å²) in [7, 11) is 0. The van der Waals surface area contributed by atoms with Gasteiger partial charge in [-0.1, -0.05) is 177 Å². The minimum Gasteiger partial charge on any atom is -0.0683 e. The van der Waals surface area contributed by atoms with Crippen molar-refractivity contribution in [2.75, 3.05) is 0 Å². The third-order valence-electron chi connectivity index (χ3n) is 6.97. The van der Waals surface area contributed by atoms with Crippen molar-refractivity contribution in [1.82, 2.24) is 0 Å². The monoisotopic (exact) mass is 532 g/mol. The van der Waals surface area contributed by atoms with Gasteiger partial charge < -0.3 is 0 Å². The van der Waals surface area contributed by atoms with E-state index < -0.39 is 0 Å². The number of hydrogen-bond donors (Lipinski definition) is 0. The van der Waals surface area contributed by atoms with Crippen molar-refractivity contribution < 1.29 is 0 Å². The molecular formula is C41H40. The zero-order valence-electron chi connectivity index (χ0n) is 24.7. The summed E-state index contributed by atoms with van der Waals surface area (Å²) in [5.41, 5.74) is 13.5. The van der Waals surface area contributed by atoms with E-state index in [4.69, 9.17) is 0 Å². The zero-order chi connectivity index (χ0) is 28.9. The largest absolute Gasteiger partial charge is 0.0683 e. The van der Waals surface area contributed by atoms with Gasteiger partial charge >= 0.3 is 0 Å². The smallest absolute Gasteiger partial charge is 0.00134 e. The summed E-state index contributed by atoms with van der Waals surface area (Å²) in [6, 6.07) is 55.3. The first-order valence-corrected chi connectivity index (χ1v) is 14.6. The molecule has 0 saturated carbocycles. The molecule has 6 aromatic rings. The predicted molar refractivity (Wildman–Crippen MR) is 179 cm³/mol. The molecule has 6 aromatic carbocycles. The van der Waals surface area contributed by atoms with Crippen molar-refractivity contribution in [2.24, 2.45) is 0 Å². The molecule has 7 rings (SSSR count). The molecule has 0 atom stereocenters. The highest BCUT2D eigenvalue weighted by molar-refractivity contribution is 5.81. The Morgan fingerprint density at radius 1 is 0.341 bits per heavy atom. The maximum absolute atomic E-state index is 2.34. The van der Waals surface area contributed by atoms with Gasteiger partial charge in [0, 0.05) is 0 Å². The number of benzene rings is 6. The Labute approximate surface area is 247 Å². The van der Waals surface area contributed by atoms with Crippen LogP contribution in [0, 0.1) is 13.8 Å². The molecule has 0 radical (unpaired) electrons. The van der Waals surface area contributed by atoms with Crippen LogP contribution in [0.5, 0.6) is 0 Å². The van der Waals surface area contributed by atoms with E-state index in [2.05, 4.69) is 141 Å². The van der Waals surface area contributed by atoms with Crippen LogP contribution in [-0.2, 0) is 6.42 Å². The minimum atomic E-state index is 1.07. The van der Waals surface area contributed by atoms with Crippen molar-refractivity contribution in [3.8, 4) is 33.4 Å². The molecule has 0 amide bonds. The lowest BCUT2D eigenvalue weighted by atomic mass is 9.98. The van der Waals surface area contributed by atoms with Crippen LogP contribution in [0.3, 0.4) is 0 Å². The van der Waals surface area contributed by atoms with Gasteiger partial charge in [0.25, 0.3) is 0 Å². The molecule has 0 saturated heterocycles. The van der Waals surface area contributed by atoms with E-state index >= 15 is 0 Å². The second-order valence-corrected chi connectivity index (χ2v) is 9.96. The fraction of sp³-hybridized carbons (Fsp3) is 0.122. The molecule has 1 aliphatic carbocycles. The Kier molecular flexibility index (Phi) is 10.9. The van der Waals surface area contributed by atoms with Gasteiger partial charge in [-0.25, -0.2) is 0 Å². The Balaban J connectivity index is 0.000000156. The van der Waals surface area contributed by atoms with Crippen LogP contribution in [0.25, 0.3) is 33.4 Å². The number of hydrogen-bond acceptors (Lipinski definition) is 0. The first kappa shape index (κ1) is 29.3. The fourth-order valence-corrected chi connectivity index (χ4v) is 4.89. The normalized spacial score (nSPS) is 10.3. The molecule has 41 heavy (non-hydrogen) atoms. The quantitative estimate of drug-likeness (QED) is 0.208. The molecule has 1 aliphatic rings. The summed E-state index contributed by atoms with van der Waals surface area (Å²) < 4.78 is 0. The van der Waals surface area contributed by atoms with Crippen LogP contribution >= 0.6 is 0 Å². The highest BCUT2D eigenvalue weighted by atomic mass is 14.2. The van der Waals surface area contributed by atoms with Gasteiger partial charge in [0.1, 0.15) is 0 Å². The van der Waals surface area contributed by atoms with E-state index in [1.54, 1.807) is 0 Å². The molecule has 0 N–H and O–H groups in total. The second-order valence-electron chi connectivity index (χ2n) is 9.96. The molecular weight excluding hydrogens is 492 g/mol. The molecule has 0 heterocycles. The van der Waals surface area contributed by atoms with Gasteiger partial charge in [0.2, 0.25) is 0 Å². The number of aryl methyl sites for hydroxylation is 2. The average molecular weight is 533 g/mol. The van der Waals surface area contributed by atoms with E-state index in [0.717, 1.165) is 6.42 Å². The molecule has 0 aromatic heterocycles. The molecule has 0 heteroatoms. The first-order valence-electron chi connectivity index (χ1n) is 14.6. The van der Waals surface area contributed by atoms with Crippen molar-refractivity contribution >= 4 is 0 Å². The standard InChI is InChI=1S/C20H16.C12H10.C7H8.C2H6/c1-14-7-8-17-12-18-10-9-16(13-20(18)19(17)11-14)15-5-3-2-4-6-15;1-3-7-11(8-4-1)12-9-5-2-6-10-12;1-7-5-3-2-4-6-7;1-2/h2-11,13H,12H2,1H3;1-10H;2-6H,1H3;1-2H3. The van der Waals surface area contributed by atoms with Crippen LogP contribution in [0.2, 0.25) is 0 Å². The third-order valence-corrected chi connectivity index (χ3v) is 6.97. The lowest BCUT2D eigenvalue weighted by molar-refractivity contribution is 1.26. The Bertz CT molecular complexity index is 1560. The van der Waals surface area contributed by atoms with Crippen LogP contribution < -0.4 is 0 Å². The third kappa shape index (κ3) is 8.16. The molecule has 0 spiro atoms. The van der Waals surface area contributed by atoms with Crippen LogP contribution in [0.1, 0.15) is 36.1 Å². The summed E-state index contributed by atoms with van der Waals surface area (Å²) in [4.78, 5) is 0. The Hall–Kier alpha value is -4.68. The van der Waals surface area contributed by atoms with Gasteiger partial charge in [0.15, 0.2) is 0 Å². The van der Waals surface area contributed by atoms with Gasteiger partial charge in [-0.2, -0.15) is 0 Å². The molecule has 0 unspecified atom stereocenters. The van der Waals surface area contributed by atoms with E-state index in [9.17, 15) is 0 Å². The van der Waals surface area contributed by atoms with Crippen LogP contribution in [0.15, 0.2) is 158 Å². The average Bonchev–Trinajstić information content (AvgIpc) is 3.41. The zero-order valence-corrected chi connectivity index (χ0v) is 24.7. The molecule has 204 valence electrons. The van der Waals surface area contributed by atoms with Gasteiger partial charge in [0.05, 0.1) is 0 Å². The second kappa shape index (κ2) is 15.2. The lowest BCUT2D eigenvalue weighted by Gasteiger charge is -2.06. The molecule has 0 bridgehead atoms. The summed E-state index contributed by atoms with van der Waals surface area (Å²) in [6.45, 7) is 8.25. The maximum atomic E-state index is 2.34. The molecule has 0 nitrogen and oxygen atoms in total. The van der Waals surface area contributed by atoms with E-state index in [0.29, 0.717) is 0 Å². The fourth-order valence-electron chi connectivity index (χ4n) is 4.89. The van der Waals surface area contributed by atoms with E-state index in [1.165, 1.54) is 55.6 Å². The molecule has 0 fully saturated rings. The van der Waals surface area contributed by atoms with Crippen LogP contribution in [-0.4, -0.2) is 0 Å². The number of fused-ring (bicyclic) bond motifs is 3. The van der Waals surface area contributed by atoms with Crippen molar-refractivity contribution in [1.29, 1.82) is 0 Å². The van der Waals surface area contributed by atoms with E-state index in [1.807, 2.05) is 44.2 Å².